The lowest BCUT2D eigenvalue weighted by Crippen LogP contribution is -2.41. The second-order valence-electron chi connectivity index (χ2n) is 4.45. The van der Waals surface area contributed by atoms with Crippen molar-refractivity contribution in [3.63, 3.8) is 0 Å². The van der Waals surface area contributed by atoms with E-state index in [4.69, 9.17) is 4.52 Å². The molecule has 0 spiro atoms. The molecule has 2 rings (SSSR count). The van der Waals surface area contributed by atoms with Crippen molar-refractivity contribution in [2.45, 2.75) is 44.4 Å². The number of thioether (sulfide) groups is 1. The van der Waals surface area contributed by atoms with Crippen LogP contribution in [0.25, 0.3) is 0 Å². The molecule has 1 aliphatic carbocycles. The highest BCUT2D eigenvalue weighted by Crippen LogP contribution is 2.29. The van der Waals surface area contributed by atoms with E-state index >= 15 is 0 Å². The third kappa shape index (κ3) is 3.41. The predicted octanol–water partition coefficient (Wildman–Crippen LogP) is 2.78. The van der Waals surface area contributed by atoms with Crippen LogP contribution in [0.5, 0.6) is 0 Å². The van der Waals surface area contributed by atoms with E-state index in [9.17, 15) is 4.79 Å². The summed E-state index contributed by atoms with van der Waals surface area (Å²) in [5, 5.41) is 9.98. The first-order valence-electron chi connectivity index (χ1n) is 6.31. The summed E-state index contributed by atoms with van der Waals surface area (Å²) in [6.07, 6.45) is 3.43. The Balaban J connectivity index is 1.83. The Labute approximate surface area is 111 Å². The van der Waals surface area contributed by atoms with Gasteiger partial charge in [0.1, 0.15) is 5.76 Å². The minimum atomic E-state index is -0.197. The van der Waals surface area contributed by atoms with Crippen LogP contribution >= 0.6 is 11.8 Å². The quantitative estimate of drug-likeness (QED) is 0.882. The Hall–Kier alpha value is -1.17. The van der Waals surface area contributed by atoms with Gasteiger partial charge in [-0.3, -0.25) is 5.32 Å². The molecule has 2 atom stereocenters. The van der Waals surface area contributed by atoms with Crippen LogP contribution < -0.4 is 10.6 Å². The van der Waals surface area contributed by atoms with Gasteiger partial charge < -0.3 is 9.84 Å². The summed E-state index contributed by atoms with van der Waals surface area (Å²) in [6, 6.07) is 1.77. The lowest BCUT2D eigenvalue weighted by atomic mass is 10.2. The van der Waals surface area contributed by atoms with Crippen LogP contribution in [0.3, 0.4) is 0 Å². The zero-order chi connectivity index (χ0) is 13.0. The molecule has 0 radical (unpaired) electrons. The minimum Gasteiger partial charge on any atom is -0.360 e. The highest BCUT2D eigenvalue weighted by Gasteiger charge is 2.28. The van der Waals surface area contributed by atoms with Crippen LogP contribution in [0.15, 0.2) is 10.6 Å². The van der Waals surface area contributed by atoms with E-state index < -0.39 is 0 Å². The fourth-order valence-corrected chi connectivity index (χ4v) is 3.45. The summed E-state index contributed by atoms with van der Waals surface area (Å²) in [5.74, 6) is 2.24. The molecule has 1 heterocycles. The van der Waals surface area contributed by atoms with Crippen molar-refractivity contribution in [1.82, 2.24) is 10.5 Å². The van der Waals surface area contributed by atoms with Crippen molar-refractivity contribution in [2.75, 3.05) is 11.1 Å². The van der Waals surface area contributed by atoms with Crippen molar-refractivity contribution < 1.29 is 9.32 Å². The van der Waals surface area contributed by atoms with Crippen molar-refractivity contribution in [2.24, 2.45) is 0 Å². The number of anilines is 1. The average molecular weight is 269 g/mol. The molecule has 1 fully saturated rings. The van der Waals surface area contributed by atoms with Gasteiger partial charge in [0, 0.05) is 17.4 Å². The molecule has 1 aromatic heterocycles. The van der Waals surface area contributed by atoms with Crippen molar-refractivity contribution in [1.29, 1.82) is 0 Å². The molecule has 6 heteroatoms. The standard InChI is InChI=1S/C12H19N3O2S/c1-3-18-10-6-4-5-9(10)13-12(16)14-11-7-8(2)17-15-11/h7,9-10H,3-6H2,1-2H3,(H2,13,14,15,16)/t9-,10+/m1/s1. The van der Waals surface area contributed by atoms with Gasteiger partial charge in [-0.25, -0.2) is 4.79 Å². The first kappa shape index (κ1) is 13.3. The molecule has 1 aliphatic rings. The van der Waals surface area contributed by atoms with Gasteiger partial charge in [0.25, 0.3) is 0 Å². The molecule has 2 N–H and O–H groups in total. The second kappa shape index (κ2) is 6.13. The van der Waals surface area contributed by atoms with E-state index in [1.807, 2.05) is 11.8 Å². The normalized spacial score (nSPS) is 23.0. The molecule has 18 heavy (non-hydrogen) atoms. The van der Waals surface area contributed by atoms with Gasteiger partial charge in [0.15, 0.2) is 5.82 Å². The lowest BCUT2D eigenvalue weighted by molar-refractivity contribution is 0.248. The highest BCUT2D eigenvalue weighted by molar-refractivity contribution is 7.99. The average Bonchev–Trinajstić information content (AvgIpc) is 2.90. The number of nitrogens with zero attached hydrogens (tertiary/aromatic N) is 1. The molecule has 1 aromatic rings. The zero-order valence-electron chi connectivity index (χ0n) is 10.7. The molecule has 0 unspecified atom stereocenters. The topological polar surface area (TPSA) is 67.2 Å². The fraction of sp³-hybridized carbons (Fsp3) is 0.667. The van der Waals surface area contributed by atoms with E-state index in [2.05, 4.69) is 22.7 Å². The predicted molar refractivity (Wildman–Crippen MR) is 73.0 cm³/mol. The van der Waals surface area contributed by atoms with Crippen molar-refractivity contribution in [3.8, 4) is 0 Å². The molecule has 5 nitrogen and oxygen atoms in total. The SMILES string of the molecule is CCS[C@H]1CCC[C@H]1NC(=O)Nc1cc(C)on1. The number of nitrogens with one attached hydrogen (secondary N) is 2. The maximum Gasteiger partial charge on any atom is 0.320 e. The zero-order valence-corrected chi connectivity index (χ0v) is 11.5. The van der Waals surface area contributed by atoms with Crippen molar-refractivity contribution in [3.05, 3.63) is 11.8 Å². The fourth-order valence-electron chi connectivity index (χ4n) is 2.25. The molecule has 2 amide bonds. The number of urea groups is 1. The lowest BCUT2D eigenvalue weighted by Gasteiger charge is -2.19. The summed E-state index contributed by atoms with van der Waals surface area (Å²) >= 11 is 1.92. The Bertz CT molecular complexity index is 408. The minimum absolute atomic E-state index is 0.197. The van der Waals surface area contributed by atoms with Crippen LogP contribution in [0.2, 0.25) is 0 Å². The van der Waals surface area contributed by atoms with E-state index in [0.29, 0.717) is 16.8 Å². The summed E-state index contributed by atoms with van der Waals surface area (Å²) < 4.78 is 4.90. The van der Waals surface area contributed by atoms with Crippen LogP contribution in [-0.4, -0.2) is 28.2 Å². The third-order valence-electron chi connectivity index (χ3n) is 3.02. The molecule has 100 valence electrons. The molecular weight excluding hydrogens is 250 g/mol. The summed E-state index contributed by atoms with van der Waals surface area (Å²) in [5.41, 5.74) is 0. The van der Waals surface area contributed by atoms with Crippen LogP contribution in [0, 0.1) is 6.92 Å². The largest absolute Gasteiger partial charge is 0.360 e. The van der Waals surface area contributed by atoms with Crippen LogP contribution in [0.4, 0.5) is 10.6 Å². The Morgan fingerprint density at radius 3 is 3.11 bits per heavy atom. The number of amides is 2. The number of carbonyl (C=O) groups excluding carboxylic acids is 1. The van der Waals surface area contributed by atoms with E-state index in [1.54, 1.807) is 13.0 Å². The van der Waals surface area contributed by atoms with Gasteiger partial charge in [-0.15, -0.1) is 0 Å². The van der Waals surface area contributed by atoms with Gasteiger partial charge in [-0.1, -0.05) is 18.5 Å². The van der Waals surface area contributed by atoms with Crippen molar-refractivity contribution >= 4 is 23.6 Å². The molecule has 0 saturated heterocycles. The summed E-state index contributed by atoms with van der Waals surface area (Å²) in [6.45, 7) is 3.94. The highest BCUT2D eigenvalue weighted by atomic mass is 32.2. The van der Waals surface area contributed by atoms with E-state index in [-0.39, 0.29) is 12.1 Å². The third-order valence-corrected chi connectivity index (χ3v) is 4.35. The van der Waals surface area contributed by atoms with Gasteiger partial charge in [-0.05, 0) is 25.5 Å². The number of aryl methyl sites for hydroxylation is 1. The number of hydrogen-bond donors (Lipinski definition) is 2. The number of aromatic nitrogens is 1. The van der Waals surface area contributed by atoms with E-state index in [1.165, 1.54) is 12.8 Å². The Morgan fingerprint density at radius 2 is 2.44 bits per heavy atom. The molecule has 0 aromatic carbocycles. The second-order valence-corrected chi connectivity index (χ2v) is 5.97. The van der Waals surface area contributed by atoms with Gasteiger partial charge in [-0.2, -0.15) is 11.8 Å². The summed E-state index contributed by atoms with van der Waals surface area (Å²) in [7, 11) is 0. The monoisotopic (exact) mass is 269 g/mol. The Morgan fingerprint density at radius 1 is 1.61 bits per heavy atom. The van der Waals surface area contributed by atoms with Crippen LogP contribution in [-0.2, 0) is 0 Å². The Kier molecular flexibility index (Phi) is 4.52. The van der Waals surface area contributed by atoms with Gasteiger partial charge in [0.2, 0.25) is 0 Å². The first-order valence-corrected chi connectivity index (χ1v) is 7.36. The summed E-state index contributed by atoms with van der Waals surface area (Å²) in [4.78, 5) is 11.8. The number of carbonyl (C=O) groups is 1. The maximum absolute atomic E-state index is 11.8. The smallest absolute Gasteiger partial charge is 0.320 e. The maximum atomic E-state index is 11.8. The van der Waals surface area contributed by atoms with Gasteiger partial charge in [0.05, 0.1) is 0 Å². The van der Waals surface area contributed by atoms with E-state index in [0.717, 1.165) is 12.2 Å². The molecule has 0 aliphatic heterocycles. The molecule has 1 saturated carbocycles. The number of hydrogen-bond acceptors (Lipinski definition) is 4. The molecule has 0 bridgehead atoms. The molecular formula is C12H19N3O2S. The van der Waals surface area contributed by atoms with Crippen LogP contribution in [0.1, 0.15) is 31.9 Å². The first-order chi connectivity index (χ1) is 8.69. The number of rotatable bonds is 4. The van der Waals surface area contributed by atoms with Gasteiger partial charge >= 0.3 is 6.03 Å².